The first-order chi connectivity index (χ1) is 20.7. The molecule has 1 amide bonds. The number of anilines is 2. The van der Waals surface area contributed by atoms with Crippen molar-refractivity contribution in [3.63, 3.8) is 0 Å². The summed E-state index contributed by atoms with van der Waals surface area (Å²) in [6, 6.07) is 2.10. The molecule has 2 saturated heterocycles. The average molecular weight is 636 g/mol. The molecule has 44 heavy (non-hydrogen) atoms. The summed E-state index contributed by atoms with van der Waals surface area (Å²) >= 11 is 6.55. The predicted octanol–water partition coefficient (Wildman–Crippen LogP) is 5.34. The van der Waals surface area contributed by atoms with E-state index < -0.39 is 28.8 Å². The van der Waals surface area contributed by atoms with Crippen molar-refractivity contribution >= 4 is 40.0 Å². The van der Waals surface area contributed by atoms with Gasteiger partial charge >= 0.3 is 12.2 Å². The third-order valence-corrected chi connectivity index (χ3v) is 8.59. The number of halogens is 5. The summed E-state index contributed by atoms with van der Waals surface area (Å²) < 4.78 is 65.2. The largest absolute Gasteiger partial charge is 0.462 e. The summed E-state index contributed by atoms with van der Waals surface area (Å²) in [5.74, 6) is -0.784. The Morgan fingerprint density at radius 2 is 1.93 bits per heavy atom. The van der Waals surface area contributed by atoms with Gasteiger partial charge in [0.2, 0.25) is 5.91 Å². The Kier molecular flexibility index (Phi) is 8.65. The summed E-state index contributed by atoms with van der Waals surface area (Å²) in [6.07, 6.45) is -2.73. The van der Waals surface area contributed by atoms with Crippen LogP contribution in [0.4, 0.5) is 29.2 Å². The van der Waals surface area contributed by atoms with E-state index in [2.05, 4.69) is 33.4 Å². The van der Waals surface area contributed by atoms with Gasteiger partial charge in [0.05, 0.1) is 21.8 Å². The first-order valence-electron chi connectivity index (χ1n) is 14.2. The number of likely N-dealkylation sites (tertiary alicyclic amines) is 1. The van der Waals surface area contributed by atoms with Gasteiger partial charge in [-0.05, 0) is 57.0 Å². The van der Waals surface area contributed by atoms with Crippen LogP contribution in [0.2, 0.25) is 5.02 Å². The molecular weight excluding hydrogens is 602 g/mol. The van der Waals surface area contributed by atoms with Crippen molar-refractivity contribution in [2.45, 2.75) is 45.5 Å². The van der Waals surface area contributed by atoms with E-state index in [4.69, 9.17) is 22.1 Å². The summed E-state index contributed by atoms with van der Waals surface area (Å²) in [4.78, 5) is 30.8. The van der Waals surface area contributed by atoms with Gasteiger partial charge in [-0.1, -0.05) is 25.1 Å². The van der Waals surface area contributed by atoms with Crippen molar-refractivity contribution < 1.29 is 27.1 Å². The number of nitrogens with zero attached hydrogens (tertiary/aromatic N) is 6. The lowest BCUT2D eigenvalue weighted by molar-refractivity contribution is -0.137. The fourth-order valence-electron chi connectivity index (χ4n) is 6.22. The number of aromatic nitrogens is 3. The molecule has 3 unspecified atom stereocenters. The molecule has 2 aromatic heterocycles. The fraction of sp³-hybridized carbons (Fsp3) is 0.467. The number of aryl methyl sites for hydroxylation is 1. The molecule has 3 atom stereocenters. The molecule has 0 aliphatic carbocycles. The van der Waals surface area contributed by atoms with E-state index in [0.29, 0.717) is 25.6 Å². The second-order valence-corrected chi connectivity index (χ2v) is 12.0. The van der Waals surface area contributed by atoms with Crippen LogP contribution in [0.15, 0.2) is 24.8 Å². The number of nitrogens with two attached hydrogens (primary N) is 1. The van der Waals surface area contributed by atoms with E-state index in [1.807, 2.05) is 18.9 Å². The van der Waals surface area contributed by atoms with Crippen molar-refractivity contribution in [1.29, 1.82) is 0 Å². The Balaban J connectivity index is 1.67. The van der Waals surface area contributed by atoms with Crippen molar-refractivity contribution in [1.82, 2.24) is 24.8 Å². The molecule has 4 heterocycles. The summed E-state index contributed by atoms with van der Waals surface area (Å²) in [6.45, 7) is 11.0. The number of alkyl halides is 3. The molecule has 0 spiro atoms. The lowest BCUT2D eigenvalue weighted by Crippen LogP contribution is -2.53. The lowest BCUT2D eigenvalue weighted by atomic mass is 9.99. The first-order valence-corrected chi connectivity index (χ1v) is 14.6. The molecule has 14 heteroatoms. The minimum Gasteiger partial charge on any atom is -0.462 e. The predicted molar refractivity (Wildman–Crippen MR) is 161 cm³/mol. The number of likely N-dealkylation sites (N-methyl/N-ethyl adjacent to an activating group) is 1. The van der Waals surface area contributed by atoms with E-state index in [-0.39, 0.29) is 63.7 Å². The lowest BCUT2D eigenvalue weighted by Gasteiger charge is -2.40. The molecule has 2 aliphatic rings. The zero-order chi connectivity index (χ0) is 32.1. The number of rotatable bonds is 6. The third kappa shape index (κ3) is 5.99. The van der Waals surface area contributed by atoms with Crippen LogP contribution < -0.4 is 15.4 Å². The highest BCUT2D eigenvalue weighted by molar-refractivity contribution is 6.34. The van der Waals surface area contributed by atoms with Gasteiger partial charge in [0.15, 0.2) is 5.82 Å². The molecule has 0 saturated carbocycles. The van der Waals surface area contributed by atoms with Gasteiger partial charge in [-0.3, -0.25) is 9.69 Å². The van der Waals surface area contributed by atoms with Gasteiger partial charge in [-0.15, -0.1) is 0 Å². The number of ether oxygens (including phenoxy) is 1. The Morgan fingerprint density at radius 3 is 2.55 bits per heavy atom. The number of benzene rings is 1. The quantitative estimate of drug-likeness (QED) is 0.286. The Bertz CT molecular complexity index is 1620. The van der Waals surface area contributed by atoms with Gasteiger partial charge in [-0.25, -0.2) is 9.37 Å². The number of carbonyl (C=O) groups excluding carboxylic acids is 1. The summed E-state index contributed by atoms with van der Waals surface area (Å²) in [5, 5.41) is -0.133. The molecule has 0 radical (unpaired) electrons. The summed E-state index contributed by atoms with van der Waals surface area (Å²) in [5.41, 5.74) is 2.87. The normalized spacial score (nSPS) is 21.2. The number of hydrogen-bond acceptors (Lipinski definition) is 8. The Hall–Kier alpha value is -3.71. The molecule has 0 bridgehead atoms. The minimum absolute atomic E-state index is 0.0829. The van der Waals surface area contributed by atoms with Gasteiger partial charge in [-0.2, -0.15) is 23.1 Å². The molecule has 3 aromatic rings. The second kappa shape index (κ2) is 12.0. The molecule has 2 N–H and O–H groups in total. The second-order valence-electron chi connectivity index (χ2n) is 11.6. The summed E-state index contributed by atoms with van der Waals surface area (Å²) in [7, 11) is 1.99. The zero-order valence-corrected chi connectivity index (χ0v) is 25.6. The molecule has 9 nitrogen and oxygen atoms in total. The van der Waals surface area contributed by atoms with Gasteiger partial charge in [0.25, 0.3) is 0 Å². The van der Waals surface area contributed by atoms with Gasteiger partial charge in [0, 0.05) is 43.6 Å². The van der Waals surface area contributed by atoms with E-state index in [1.165, 1.54) is 19.1 Å². The molecule has 5 rings (SSSR count). The fourth-order valence-corrected chi connectivity index (χ4v) is 6.51. The third-order valence-electron chi connectivity index (χ3n) is 8.29. The topological polar surface area (TPSA) is 101 Å². The van der Waals surface area contributed by atoms with Crippen molar-refractivity contribution in [3.8, 4) is 17.3 Å². The maximum atomic E-state index is 16.6. The number of hydrogen-bond donors (Lipinski definition) is 1. The molecule has 236 valence electrons. The Morgan fingerprint density at radius 1 is 1.20 bits per heavy atom. The SMILES string of the molecule is C=CC(=O)N1CCN(c2nc(OCC3CC(C)CN3C)nc3c(F)c(-c4nc(N)cc(C)c4C(F)(F)F)c(Cl)cc23)C(C)C1. The number of piperazine rings is 1. The van der Waals surface area contributed by atoms with Gasteiger partial charge < -0.3 is 20.3 Å². The van der Waals surface area contributed by atoms with E-state index in [0.717, 1.165) is 19.0 Å². The standard InChI is InChI=1S/C30H34ClF4N7O2/c1-6-22(43)41-7-8-42(17(4)13-41)28-19-11-20(31)23(27-24(30(33,34)35)16(3)10-21(36)37-27)25(32)26(19)38-29(39-28)44-14-18-9-15(2)12-40(18)5/h6,10-11,15,17-18H,1,7-9,12-14H2,2-5H3,(H2,36,37). The van der Waals surface area contributed by atoms with Crippen LogP contribution in [0.3, 0.4) is 0 Å². The Labute approximate surface area is 257 Å². The highest BCUT2D eigenvalue weighted by atomic mass is 35.5. The van der Waals surface area contributed by atoms with Gasteiger partial charge in [0.1, 0.15) is 23.8 Å². The van der Waals surface area contributed by atoms with Crippen molar-refractivity contribution in [2.24, 2.45) is 5.92 Å². The molecule has 2 aliphatic heterocycles. The zero-order valence-electron chi connectivity index (χ0n) is 24.9. The number of nitrogen functional groups attached to an aromatic ring is 1. The van der Waals surface area contributed by atoms with Crippen LogP contribution in [0.1, 0.15) is 31.4 Å². The average Bonchev–Trinajstić information content (AvgIpc) is 3.26. The minimum atomic E-state index is -4.86. The van der Waals surface area contributed by atoms with Crippen LogP contribution in [0.25, 0.3) is 22.2 Å². The van der Waals surface area contributed by atoms with Crippen LogP contribution in [-0.2, 0) is 11.0 Å². The molecule has 1 aromatic carbocycles. The highest BCUT2D eigenvalue weighted by Gasteiger charge is 2.39. The van der Waals surface area contributed by atoms with E-state index in [9.17, 15) is 18.0 Å². The number of carbonyl (C=O) groups is 1. The van der Waals surface area contributed by atoms with Crippen molar-refractivity contribution in [2.75, 3.05) is 50.5 Å². The van der Waals surface area contributed by atoms with E-state index in [1.54, 1.807) is 4.90 Å². The molecular formula is C30H34ClF4N7O2. The van der Waals surface area contributed by atoms with Crippen molar-refractivity contribution in [3.05, 3.63) is 46.8 Å². The smallest absolute Gasteiger partial charge is 0.418 e. The number of pyridine rings is 1. The highest BCUT2D eigenvalue weighted by Crippen LogP contribution is 2.44. The number of fused-ring (bicyclic) bond motifs is 1. The van der Waals surface area contributed by atoms with E-state index >= 15 is 4.39 Å². The molecule has 2 fully saturated rings. The monoisotopic (exact) mass is 635 g/mol. The van der Waals surface area contributed by atoms with Crippen LogP contribution >= 0.6 is 11.6 Å². The maximum Gasteiger partial charge on any atom is 0.418 e. The first kappa shape index (κ1) is 31.7. The van der Waals surface area contributed by atoms with Crippen LogP contribution in [0.5, 0.6) is 6.01 Å². The maximum absolute atomic E-state index is 16.6. The van der Waals surface area contributed by atoms with Crippen LogP contribution in [-0.4, -0.2) is 82.6 Å². The van der Waals surface area contributed by atoms with Crippen LogP contribution in [0, 0.1) is 18.7 Å². The number of amides is 1.